The van der Waals surface area contributed by atoms with E-state index in [2.05, 4.69) is 34.3 Å². The van der Waals surface area contributed by atoms with Crippen LogP contribution < -0.4 is 4.90 Å². The van der Waals surface area contributed by atoms with Crippen molar-refractivity contribution in [2.75, 3.05) is 18.0 Å². The second-order valence-electron chi connectivity index (χ2n) is 4.47. The lowest BCUT2D eigenvalue weighted by Gasteiger charge is -2.27. The number of anilines is 1. The molecule has 0 aliphatic carbocycles. The number of piperidine rings is 1. The number of aromatic nitrogens is 2. The van der Waals surface area contributed by atoms with E-state index in [4.69, 9.17) is 11.6 Å². The predicted octanol–water partition coefficient (Wildman–Crippen LogP) is 3.28. The minimum absolute atomic E-state index is 0.374. The van der Waals surface area contributed by atoms with Gasteiger partial charge in [0.25, 0.3) is 0 Å². The minimum atomic E-state index is 0.374. The molecule has 1 fully saturated rings. The van der Waals surface area contributed by atoms with Crippen LogP contribution in [0.4, 0.5) is 5.82 Å². The first kappa shape index (κ1) is 12.6. The molecule has 2 rings (SSSR count). The average Bonchev–Trinajstić information content (AvgIpc) is 2.37. The van der Waals surface area contributed by atoms with E-state index < -0.39 is 0 Å². The first-order valence-electron chi connectivity index (χ1n) is 6.39. The fourth-order valence-electron chi connectivity index (χ4n) is 2.07. The summed E-state index contributed by atoms with van der Waals surface area (Å²) in [6.07, 6.45) is 8.02. The fourth-order valence-corrected chi connectivity index (χ4v) is 2.27. The van der Waals surface area contributed by atoms with E-state index in [1.54, 1.807) is 0 Å². The molecule has 0 atom stereocenters. The van der Waals surface area contributed by atoms with Gasteiger partial charge < -0.3 is 4.90 Å². The summed E-state index contributed by atoms with van der Waals surface area (Å²) < 4.78 is 0. The molecular weight excluding hydrogens is 234 g/mol. The van der Waals surface area contributed by atoms with E-state index in [0.29, 0.717) is 5.28 Å². The van der Waals surface area contributed by atoms with Crippen molar-refractivity contribution in [3.8, 4) is 0 Å². The number of hydrogen-bond donors (Lipinski definition) is 0. The third kappa shape index (κ3) is 3.56. The van der Waals surface area contributed by atoms with Crippen molar-refractivity contribution in [2.45, 2.75) is 39.0 Å². The van der Waals surface area contributed by atoms with Gasteiger partial charge in [-0.3, -0.25) is 0 Å². The molecule has 0 saturated carbocycles. The van der Waals surface area contributed by atoms with Crippen LogP contribution in [0.3, 0.4) is 0 Å². The smallest absolute Gasteiger partial charge is 0.224 e. The van der Waals surface area contributed by atoms with Crippen molar-refractivity contribution >= 4 is 17.4 Å². The Hall–Kier alpha value is -0.830. The molecule has 17 heavy (non-hydrogen) atoms. The van der Waals surface area contributed by atoms with Gasteiger partial charge in [-0.25, -0.2) is 9.97 Å². The predicted molar refractivity (Wildman–Crippen MR) is 71.4 cm³/mol. The van der Waals surface area contributed by atoms with Crippen LogP contribution in [0.2, 0.25) is 5.28 Å². The van der Waals surface area contributed by atoms with Gasteiger partial charge in [0.2, 0.25) is 5.28 Å². The first-order valence-corrected chi connectivity index (χ1v) is 6.77. The Morgan fingerprint density at radius 2 is 2.29 bits per heavy atom. The van der Waals surface area contributed by atoms with Crippen LogP contribution in [-0.2, 0) is 6.42 Å². The van der Waals surface area contributed by atoms with Crippen LogP contribution >= 0.6 is 11.6 Å². The lowest BCUT2D eigenvalue weighted by Crippen LogP contribution is -2.30. The van der Waals surface area contributed by atoms with Crippen LogP contribution in [0, 0.1) is 6.42 Å². The van der Waals surface area contributed by atoms with Crippen molar-refractivity contribution in [3.05, 3.63) is 23.5 Å². The van der Waals surface area contributed by atoms with Gasteiger partial charge >= 0.3 is 0 Å². The van der Waals surface area contributed by atoms with E-state index in [0.717, 1.165) is 37.4 Å². The van der Waals surface area contributed by atoms with E-state index >= 15 is 0 Å². The number of aryl methyl sites for hydroxylation is 1. The quantitative estimate of drug-likeness (QED) is 0.770. The molecule has 0 amide bonds. The van der Waals surface area contributed by atoms with Gasteiger partial charge in [0.1, 0.15) is 5.82 Å². The Labute approximate surface area is 108 Å². The lowest BCUT2D eigenvalue weighted by molar-refractivity contribution is 0.662. The average molecular weight is 253 g/mol. The maximum atomic E-state index is 5.99. The zero-order valence-corrected chi connectivity index (χ0v) is 11.1. The first-order chi connectivity index (χ1) is 8.29. The number of nitrogens with zero attached hydrogens (tertiary/aromatic N) is 3. The molecule has 1 aliphatic rings. The molecule has 1 saturated heterocycles. The van der Waals surface area contributed by atoms with Crippen molar-refractivity contribution in [3.63, 3.8) is 0 Å². The van der Waals surface area contributed by atoms with Gasteiger partial charge in [0.05, 0.1) is 0 Å². The standard InChI is InChI=1S/C13H19ClN3/c1-2-3-7-11-10-12(16-13(14)15-11)17-8-5-4-6-9-17/h5,10H,2-4,6-9H2,1H3. The van der Waals surface area contributed by atoms with Crippen LogP contribution in [-0.4, -0.2) is 23.1 Å². The molecule has 2 heterocycles. The third-order valence-electron chi connectivity index (χ3n) is 3.03. The summed E-state index contributed by atoms with van der Waals surface area (Å²) in [4.78, 5) is 10.9. The highest BCUT2D eigenvalue weighted by atomic mass is 35.5. The van der Waals surface area contributed by atoms with E-state index in [-0.39, 0.29) is 0 Å². The third-order valence-corrected chi connectivity index (χ3v) is 3.20. The zero-order valence-electron chi connectivity index (χ0n) is 10.3. The maximum Gasteiger partial charge on any atom is 0.224 e. The normalized spacial score (nSPS) is 16.2. The molecule has 3 nitrogen and oxygen atoms in total. The Balaban J connectivity index is 2.12. The Morgan fingerprint density at radius 3 is 3.00 bits per heavy atom. The van der Waals surface area contributed by atoms with Gasteiger partial charge in [-0.15, -0.1) is 0 Å². The van der Waals surface area contributed by atoms with Crippen LogP contribution in [0.5, 0.6) is 0 Å². The molecule has 1 aromatic heterocycles. The minimum Gasteiger partial charge on any atom is -0.356 e. The Bertz CT molecular complexity index is 362. The van der Waals surface area contributed by atoms with E-state index in [1.807, 2.05) is 0 Å². The molecule has 1 radical (unpaired) electrons. The van der Waals surface area contributed by atoms with Crippen molar-refractivity contribution < 1.29 is 0 Å². The summed E-state index contributed by atoms with van der Waals surface area (Å²) in [6, 6.07) is 2.08. The van der Waals surface area contributed by atoms with Gasteiger partial charge in [-0.2, -0.15) is 0 Å². The van der Waals surface area contributed by atoms with Crippen molar-refractivity contribution in [1.29, 1.82) is 0 Å². The molecule has 0 unspecified atom stereocenters. The second kappa shape index (κ2) is 6.20. The molecule has 1 aliphatic heterocycles. The summed E-state index contributed by atoms with van der Waals surface area (Å²) in [5, 5.41) is 0.374. The Kier molecular flexibility index (Phi) is 4.60. The SMILES string of the molecule is CCCCc1cc(N2C[CH]CCC2)nc(Cl)n1. The van der Waals surface area contributed by atoms with Gasteiger partial charge in [-0.05, 0) is 43.7 Å². The molecule has 0 spiro atoms. The van der Waals surface area contributed by atoms with Gasteiger partial charge in [-0.1, -0.05) is 13.3 Å². The highest BCUT2D eigenvalue weighted by Crippen LogP contribution is 2.20. The van der Waals surface area contributed by atoms with Crippen LogP contribution in [0.1, 0.15) is 38.3 Å². The zero-order chi connectivity index (χ0) is 12.1. The van der Waals surface area contributed by atoms with E-state index in [9.17, 15) is 0 Å². The highest BCUT2D eigenvalue weighted by Gasteiger charge is 2.14. The lowest BCUT2D eigenvalue weighted by atomic mass is 10.1. The molecular formula is C13H19ClN3. The second-order valence-corrected chi connectivity index (χ2v) is 4.81. The maximum absolute atomic E-state index is 5.99. The summed E-state index contributed by atoms with van der Waals surface area (Å²) in [5.74, 6) is 0.979. The monoisotopic (exact) mass is 252 g/mol. The number of unbranched alkanes of at least 4 members (excludes halogenated alkanes) is 1. The highest BCUT2D eigenvalue weighted by molar-refractivity contribution is 6.28. The molecule has 93 valence electrons. The van der Waals surface area contributed by atoms with Gasteiger partial charge in [0, 0.05) is 24.8 Å². The summed E-state index contributed by atoms with van der Waals surface area (Å²) in [5.41, 5.74) is 1.06. The van der Waals surface area contributed by atoms with Crippen LogP contribution in [0.15, 0.2) is 6.07 Å². The molecule has 0 N–H and O–H groups in total. The van der Waals surface area contributed by atoms with Gasteiger partial charge in [0.15, 0.2) is 0 Å². The number of halogens is 1. The summed E-state index contributed by atoms with van der Waals surface area (Å²) in [6.45, 7) is 4.22. The topological polar surface area (TPSA) is 29.0 Å². The molecule has 0 bridgehead atoms. The van der Waals surface area contributed by atoms with Crippen molar-refractivity contribution in [1.82, 2.24) is 9.97 Å². The fraction of sp³-hybridized carbons (Fsp3) is 0.615. The molecule has 4 heteroatoms. The number of rotatable bonds is 4. The number of hydrogen-bond acceptors (Lipinski definition) is 3. The molecule has 0 aromatic carbocycles. The van der Waals surface area contributed by atoms with E-state index in [1.165, 1.54) is 19.3 Å². The van der Waals surface area contributed by atoms with Crippen molar-refractivity contribution in [2.24, 2.45) is 0 Å². The molecule has 1 aromatic rings. The van der Waals surface area contributed by atoms with Crippen LogP contribution in [0.25, 0.3) is 0 Å². The summed E-state index contributed by atoms with van der Waals surface area (Å²) in [7, 11) is 0. The summed E-state index contributed by atoms with van der Waals surface area (Å²) >= 11 is 5.99. The Morgan fingerprint density at radius 1 is 1.41 bits per heavy atom. The largest absolute Gasteiger partial charge is 0.356 e.